The summed E-state index contributed by atoms with van der Waals surface area (Å²) in [5.41, 5.74) is -0.0656. The summed E-state index contributed by atoms with van der Waals surface area (Å²) >= 11 is 6.17. The van der Waals surface area contributed by atoms with Crippen LogP contribution >= 0.6 is 11.6 Å². The number of carbonyl (C=O) groups excluding carboxylic acids is 4. The predicted octanol–water partition coefficient (Wildman–Crippen LogP) is 5.40. The first-order valence-electron chi connectivity index (χ1n) is 17.4. The van der Waals surface area contributed by atoms with Crippen LogP contribution in [0.25, 0.3) is 0 Å². The zero-order valence-corrected chi connectivity index (χ0v) is 29.8. The van der Waals surface area contributed by atoms with Crippen LogP contribution in [0.3, 0.4) is 0 Å². The van der Waals surface area contributed by atoms with Gasteiger partial charge in [-0.1, -0.05) is 67.9 Å². The minimum Gasteiger partial charge on any atom is -0.455 e. The van der Waals surface area contributed by atoms with E-state index in [0.29, 0.717) is 42.0 Å². The predicted molar refractivity (Wildman–Crippen MR) is 191 cm³/mol. The number of rotatable bonds is 16. The molecule has 0 radical (unpaired) electrons. The smallest absolute Gasteiger partial charge is 0.313 e. The van der Waals surface area contributed by atoms with Gasteiger partial charge in [-0.2, -0.15) is 0 Å². The topological polar surface area (TPSA) is 125 Å². The number of aliphatic hydroxyl groups is 1. The highest BCUT2D eigenvalue weighted by atomic mass is 35.5. The molecule has 50 heavy (non-hydrogen) atoms. The molecule has 3 heterocycles. The highest BCUT2D eigenvalue weighted by molar-refractivity contribution is 6.30. The maximum absolute atomic E-state index is 14.8. The van der Waals surface area contributed by atoms with Crippen LogP contribution in [-0.2, 0) is 28.7 Å². The summed E-state index contributed by atoms with van der Waals surface area (Å²) in [6.07, 6.45) is 3.78. The van der Waals surface area contributed by atoms with E-state index in [4.69, 9.17) is 21.1 Å². The summed E-state index contributed by atoms with van der Waals surface area (Å²) in [6, 6.07) is 13.6. The van der Waals surface area contributed by atoms with Gasteiger partial charge in [-0.05, 0) is 68.4 Å². The maximum atomic E-state index is 14.8. The van der Waals surface area contributed by atoms with Crippen molar-refractivity contribution < 1.29 is 33.8 Å². The highest BCUT2D eigenvalue weighted by Crippen LogP contribution is 2.59. The number of hydrogen-bond donors (Lipinski definition) is 2. The summed E-state index contributed by atoms with van der Waals surface area (Å²) in [5.74, 6) is -3.54. The fourth-order valence-electron chi connectivity index (χ4n) is 8.01. The van der Waals surface area contributed by atoms with E-state index < -0.39 is 65.6 Å². The summed E-state index contributed by atoms with van der Waals surface area (Å²) in [5, 5.41) is 14.1. The third kappa shape index (κ3) is 7.24. The van der Waals surface area contributed by atoms with Crippen LogP contribution in [0.5, 0.6) is 0 Å². The second-order valence-electron chi connectivity index (χ2n) is 13.9. The molecule has 0 saturated carbocycles. The van der Waals surface area contributed by atoms with Crippen LogP contribution in [0.15, 0.2) is 79.9 Å². The molecule has 8 atom stereocenters. The van der Waals surface area contributed by atoms with Crippen molar-refractivity contribution in [3.63, 3.8) is 0 Å². The van der Waals surface area contributed by atoms with Gasteiger partial charge < -0.3 is 29.7 Å². The van der Waals surface area contributed by atoms with Gasteiger partial charge in [0.05, 0.1) is 36.6 Å². The molecule has 3 saturated heterocycles. The molecule has 10 nitrogen and oxygen atoms in total. The quantitative estimate of drug-likeness (QED) is 0.177. The van der Waals surface area contributed by atoms with E-state index in [0.717, 1.165) is 0 Å². The number of halogens is 1. The van der Waals surface area contributed by atoms with Crippen molar-refractivity contribution in [3.05, 3.63) is 90.5 Å². The van der Waals surface area contributed by atoms with Gasteiger partial charge in [0.15, 0.2) is 0 Å². The van der Waals surface area contributed by atoms with Gasteiger partial charge in [0.1, 0.15) is 17.7 Å². The number of nitrogens with one attached hydrogen (secondary N) is 1. The molecule has 11 heteroatoms. The molecule has 2 bridgehead atoms. The number of hydrogen-bond acceptors (Lipinski definition) is 7. The zero-order valence-electron chi connectivity index (χ0n) is 29.0. The minimum atomic E-state index is -1.31. The number of carbonyl (C=O) groups is 4. The molecule has 3 aliphatic heterocycles. The highest BCUT2D eigenvalue weighted by Gasteiger charge is 2.75. The molecular weight excluding hydrogens is 658 g/mol. The van der Waals surface area contributed by atoms with Crippen LogP contribution in [0.4, 0.5) is 5.69 Å². The zero-order chi connectivity index (χ0) is 36.2. The third-order valence-electron chi connectivity index (χ3n) is 10.1. The number of benzene rings is 2. The molecule has 5 rings (SSSR count). The molecule has 0 aromatic heterocycles. The molecular formula is C39H48ClN3O7. The van der Waals surface area contributed by atoms with Gasteiger partial charge in [-0.15, -0.1) is 13.2 Å². The second-order valence-corrected chi connectivity index (χ2v) is 14.4. The molecule has 3 amide bonds. The Bertz CT molecular complexity index is 1570. The fourth-order valence-corrected chi connectivity index (χ4v) is 8.14. The van der Waals surface area contributed by atoms with Crippen molar-refractivity contribution in [2.75, 3.05) is 18.1 Å². The van der Waals surface area contributed by atoms with Crippen molar-refractivity contribution in [1.82, 2.24) is 10.2 Å². The Hall–Kier alpha value is -3.99. The lowest BCUT2D eigenvalue weighted by Gasteiger charge is -2.39. The number of ether oxygens (including phenoxy) is 2. The first kappa shape index (κ1) is 37.3. The summed E-state index contributed by atoms with van der Waals surface area (Å²) in [7, 11) is 0. The summed E-state index contributed by atoms with van der Waals surface area (Å²) in [4.78, 5) is 59.7. The van der Waals surface area contributed by atoms with Crippen LogP contribution in [-0.4, -0.2) is 76.7 Å². The molecule has 268 valence electrons. The lowest BCUT2D eigenvalue weighted by molar-refractivity contribution is -0.162. The van der Waals surface area contributed by atoms with Crippen molar-refractivity contribution in [2.45, 2.75) is 88.8 Å². The number of esters is 1. The molecule has 0 aliphatic carbocycles. The van der Waals surface area contributed by atoms with Gasteiger partial charge in [-0.25, -0.2) is 0 Å². The van der Waals surface area contributed by atoms with E-state index in [2.05, 4.69) is 18.5 Å². The molecule has 3 aliphatic rings. The first-order valence-corrected chi connectivity index (χ1v) is 17.8. The standard InChI is InChI=1S/C39H48ClN3O7/c1-6-8-14-31(45)41-25(5)34(26-12-10-9-11-13-26)49-38(48)32-30-19-20-39(50-30)33(32)36(46)43(29(23-44)22-24(3)4)35(39)37(47)42(21-7-2)28-17-15-27(40)16-18-28/h6-7,9-13,15-18,24-25,29-30,32-35,44H,1-2,8,14,19-23H2,3-5H3,(H,41,45)/t25-,29-,30+,32-,33-,34-,35+,39-/m1/s1. The van der Waals surface area contributed by atoms with E-state index >= 15 is 0 Å². The monoisotopic (exact) mass is 705 g/mol. The van der Waals surface area contributed by atoms with E-state index in [1.807, 2.05) is 44.2 Å². The minimum absolute atomic E-state index is 0.0991. The van der Waals surface area contributed by atoms with E-state index in [9.17, 15) is 24.3 Å². The molecule has 0 unspecified atom stereocenters. The Morgan fingerprint density at radius 1 is 1.12 bits per heavy atom. The Morgan fingerprint density at radius 2 is 1.82 bits per heavy atom. The first-order chi connectivity index (χ1) is 24.0. The van der Waals surface area contributed by atoms with Gasteiger partial charge >= 0.3 is 5.97 Å². The van der Waals surface area contributed by atoms with Gasteiger partial charge in [0.2, 0.25) is 11.8 Å². The number of aliphatic hydroxyl groups excluding tert-OH is 1. The third-order valence-corrected chi connectivity index (χ3v) is 10.3. The lowest BCUT2D eigenvalue weighted by atomic mass is 9.70. The van der Waals surface area contributed by atoms with Crippen LogP contribution in [0.1, 0.15) is 64.5 Å². The Balaban J connectivity index is 1.52. The van der Waals surface area contributed by atoms with Crippen LogP contribution < -0.4 is 10.2 Å². The van der Waals surface area contributed by atoms with Gasteiger partial charge in [-0.3, -0.25) is 19.2 Å². The number of allylic oxidation sites excluding steroid dienone is 1. The average Bonchev–Trinajstić information content (AvgIpc) is 3.75. The number of amides is 3. The van der Waals surface area contributed by atoms with Crippen molar-refractivity contribution in [1.29, 1.82) is 0 Å². The Morgan fingerprint density at radius 3 is 2.44 bits per heavy atom. The summed E-state index contributed by atoms with van der Waals surface area (Å²) in [6.45, 7) is 13.1. The maximum Gasteiger partial charge on any atom is 0.313 e. The largest absolute Gasteiger partial charge is 0.455 e. The fraction of sp³-hybridized carbons (Fsp3) is 0.487. The Kier molecular flexibility index (Phi) is 11.9. The van der Waals surface area contributed by atoms with E-state index in [1.54, 1.807) is 48.2 Å². The van der Waals surface area contributed by atoms with E-state index in [1.165, 1.54) is 4.90 Å². The SMILES string of the molecule is C=CCCC(=O)N[C@H](C)[C@@H](OC(=O)[C@@H]1[C@@H]2CC[C@]3(O2)[C@H](C(=O)N(CC=C)c2ccc(Cl)cc2)N([C@@H](CO)CC(C)C)C(=O)[C@@H]13)c1ccccc1. The van der Waals surface area contributed by atoms with Crippen molar-refractivity contribution in [3.8, 4) is 0 Å². The van der Waals surface area contributed by atoms with Crippen molar-refractivity contribution >= 4 is 41.0 Å². The lowest BCUT2D eigenvalue weighted by Crippen LogP contribution is -2.59. The second kappa shape index (κ2) is 15.9. The number of nitrogens with zero attached hydrogens (tertiary/aromatic N) is 2. The molecule has 3 fully saturated rings. The average molecular weight is 706 g/mol. The summed E-state index contributed by atoms with van der Waals surface area (Å²) < 4.78 is 12.9. The van der Waals surface area contributed by atoms with Crippen molar-refractivity contribution in [2.24, 2.45) is 17.8 Å². The number of fused-ring (bicyclic) bond motifs is 1. The molecule has 2 N–H and O–H groups in total. The van der Waals surface area contributed by atoms with Gasteiger partial charge in [0, 0.05) is 23.7 Å². The van der Waals surface area contributed by atoms with E-state index in [-0.39, 0.29) is 31.4 Å². The van der Waals surface area contributed by atoms with Crippen LogP contribution in [0, 0.1) is 17.8 Å². The Labute approximate surface area is 299 Å². The van der Waals surface area contributed by atoms with Crippen LogP contribution in [0.2, 0.25) is 5.02 Å². The molecule has 2 aromatic carbocycles. The normalized spacial score (nSPS) is 25.5. The molecule has 2 aromatic rings. The van der Waals surface area contributed by atoms with Gasteiger partial charge in [0.25, 0.3) is 5.91 Å². The molecule has 1 spiro atoms. The number of likely N-dealkylation sites (tertiary alicyclic amines) is 1. The number of anilines is 1.